The van der Waals surface area contributed by atoms with Crippen LogP contribution in [0.4, 0.5) is 13.2 Å². The molecule has 7 heteroatoms. The SMILES string of the molecule is CN=C(NCCc1cccc(F)c1)NCc1ccccc1OC(F)F. The van der Waals surface area contributed by atoms with Crippen molar-refractivity contribution < 1.29 is 17.9 Å². The Morgan fingerprint density at radius 3 is 2.64 bits per heavy atom. The molecule has 0 atom stereocenters. The van der Waals surface area contributed by atoms with Crippen LogP contribution in [-0.4, -0.2) is 26.2 Å². The Bertz CT molecular complexity index is 707. The highest BCUT2D eigenvalue weighted by Gasteiger charge is 2.09. The van der Waals surface area contributed by atoms with Crippen molar-refractivity contribution >= 4 is 5.96 Å². The van der Waals surface area contributed by atoms with Crippen LogP contribution in [0.2, 0.25) is 0 Å². The summed E-state index contributed by atoms with van der Waals surface area (Å²) >= 11 is 0. The van der Waals surface area contributed by atoms with Crippen molar-refractivity contribution in [3.63, 3.8) is 0 Å². The van der Waals surface area contributed by atoms with Crippen LogP contribution in [0.25, 0.3) is 0 Å². The number of rotatable bonds is 7. The molecular formula is C18H20F3N3O. The van der Waals surface area contributed by atoms with E-state index in [1.165, 1.54) is 18.2 Å². The number of hydrogen-bond donors (Lipinski definition) is 2. The molecule has 0 aliphatic rings. The molecule has 0 spiro atoms. The Morgan fingerprint density at radius 1 is 1.12 bits per heavy atom. The largest absolute Gasteiger partial charge is 0.434 e. The number of nitrogens with zero attached hydrogens (tertiary/aromatic N) is 1. The highest BCUT2D eigenvalue weighted by atomic mass is 19.3. The molecule has 0 fully saturated rings. The van der Waals surface area contributed by atoms with E-state index in [9.17, 15) is 13.2 Å². The van der Waals surface area contributed by atoms with Crippen LogP contribution in [-0.2, 0) is 13.0 Å². The first kappa shape index (κ1) is 18.6. The quantitative estimate of drug-likeness (QED) is 0.594. The fourth-order valence-corrected chi connectivity index (χ4v) is 2.28. The van der Waals surface area contributed by atoms with Gasteiger partial charge in [0.1, 0.15) is 11.6 Å². The summed E-state index contributed by atoms with van der Waals surface area (Å²) in [6, 6.07) is 13.0. The summed E-state index contributed by atoms with van der Waals surface area (Å²) in [4.78, 5) is 4.07. The van der Waals surface area contributed by atoms with Gasteiger partial charge < -0.3 is 15.4 Å². The lowest BCUT2D eigenvalue weighted by Gasteiger charge is -2.14. The van der Waals surface area contributed by atoms with Gasteiger partial charge in [0.05, 0.1) is 0 Å². The van der Waals surface area contributed by atoms with Gasteiger partial charge in [-0.25, -0.2) is 4.39 Å². The normalized spacial score (nSPS) is 11.5. The maximum Gasteiger partial charge on any atom is 0.387 e. The monoisotopic (exact) mass is 351 g/mol. The average molecular weight is 351 g/mol. The van der Waals surface area contributed by atoms with E-state index >= 15 is 0 Å². The van der Waals surface area contributed by atoms with Gasteiger partial charge >= 0.3 is 6.61 Å². The van der Waals surface area contributed by atoms with Crippen LogP contribution in [0.3, 0.4) is 0 Å². The molecule has 2 aromatic carbocycles. The number of nitrogens with one attached hydrogen (secondary N) is 2. The van der Waals surface area contributed by atoms with Crippen LogP contribution < -0.4 is 15.4 Å². The summed E-state index contributed by atoms with van der Waals surface area (Å²) in [6.45, 7) is -2.04. The third-order valence-corrected chi connectivity index (χ3v) is 3.45. The smallest absolute Gasteiger partial charge is 0.387 e. The number of aliphatic imine (C=N–C) groups is 1. The first-order valence-electron chi connectivity index (χ1n) is 7.80. The topological polar surface area (TPSA) is 45.7 Å². The number of halogens is 3. The van der Waals surface area contributed by atoms with Crippen molar-refractivity contribution in [3.8, 4) is 5.75 Å². The van der Waals surface area contributed by atoms with E-state index in [-0.39, 0.29) is 18.1 Å². The molecule has 0 radical (unpaired) electrons. The Labute approximate surface area is 144 Å². The van der Waals surface area contributed by atoms with Gasteiger partial charge in [0.25, 0.3) is 0 Å². The van der Waals surface area contributed by atoms with Gasteiger partial charge in [-0.2, -0.15) is 8.78 Å². The van der Waals surface area contributed by atoms with Crippen LogP contribution >= 0.6 is 0 Å². The van der Waals surface area contributed by atoms with Gasteiger partial charge in [-0.05, 0) is 30.2 Å². The first-order chi connectivity index (χ1) is 12.1. The summed E-state index contributed by atoms with van der Waals surface area (Å²) in [5.41, 5.74) is 1.47. The van der Waals surface area contributed by atoms with Crippen LogP contribution in [0.5, 0.6) is 5.75 Å². The predicted molar refractivity (Wildman–Crippen MR) is 91.4 cm³/mol. The molecule has 0 amide bonds. The van der Waals surface area contributed by atoms with E-state index in [1.807, 2.05) is 6.07 Å². The van der Waals surface area contributed by atoms with Crippen LogP contribution in [0.15, 0.2) is 53.5 Å². The summed E-state index contributed by atoms with van der Waals surface area (Å²) < 4.78 is 42.5. The second kappa shape index (κ2) is 9.56. The first-order valence-corrected chi connectivity index (χ1v) is 7.80. The summed E-state index contributed by atoms with van der Waals surface area (Å²) in [5.74, 6) is 0.374. The van der Waals surface area contributed by atoms with E-state index in [0.717, 1.165) is 5.56 Å². The molecule has 134 valence electrons. The van der Waals surface area contributed by atoms with Crippen molar-refractivity contribution in [3.05, 3.63) is 65.5 Å². The van der Waals surface area contributed by atoms with E-state index in [4.69, 9.17) is 0 Å². The second-order valence-electron chi connectivity index (χ2n) is 5.22. The van der Waals surface area contributed by atoms with Crippen molar-refractivity contribution in [1.29, 1.82) is 0 Å². The van der Waals surface area contributed by atoms with Crippen molar-refractivity contribution in [2.45, 2.75) is 19.6 Å². The Morgan fingerprint density at radius 2 is 1.92 bits per heavy atom. The number of ether oxygens (including phenoxy) is 1. The Balaban J connectivity index is 1.84. The molecule has 0 heterocycles. The molecule has 2 aromatic rings. The lowest BCUT2D eigenvalue weighted by Crippen LogP contribution is -2.38. The summed E-state index contributed by atoms with van der Waals surface area (Å²) in [5, 5.41) is 6.13. The van der Waals surface area contributed by atoms with Gasteiger partial charge in [-0.3, -0.25) is 4.99 Å². The number of para-hydroxylation sites is 1. The average Bonchev–Trinajstić information content (AvgIpc) is 2.58. The molecule has 0 aliphatic heterocycles. The van der Waals surface area contributed by atoms with E-state index < -0.39 is 6.61 Å². The number of benzene rings is 2. The summed E-state index contributed by atoms with van der Waals surface area (Å²) in [6.07, 6.45) is 0.629. The lowest BCUT2D eigenvalue weighted by molar-refractivity contribution is -0.0504. The molecule has 25 heavy (non-hydrogen) atoms. The standard InChI is InChI=1S/C18H20F3N3O/c1-22-18(23-10-9-13-5-4-7-15(19)11-13)24-12-14-6-2-3-8-16(14)25-17(20)21/h2-8,11,17H,9-10,12H2,1H3,(H2,22,23,24). The highest BCUT2D eigenvalue weighted by molar-refractivity contribution is 5.79. The zero-order chi connectivity index (χ0) is 18.1. The van der Waals surface area contributed by atoms with Crippen molar-refractivity contribution in [2.75, 3.05) is 13.6 Å². The second-order valence-corrected chi connectivity index (χ2v) is 5.22. The molecule has 0 bridgehead atoms. The van der Waals surface area contributed by atoms with E-state index in [2.05, 4.69) is 20.4 Å². The van der Waals surface area contributed by atoms with Crippen LogP contribution in [0, 0.1) is 5.82 Å². The highest BCUT2D eigenvalue weighted by Crippen LogP contribution is 2.19. The molecule has 0 aromatic heterocycles. The zero-order valence-corrected chi connectivity index (χ0v) is 13.8. The van der Waals surface area contributed by atoms with Crippen molar-refractivity contribution in [1.82, 2.24) is 10.6 Å². The predicted octanol–water partition coefficient (Wildman–Crippen LogP) is 3.33. The molecule has 0 saturated carbocycles. The fraction of sp³-hybridized carbons (Fsp3) is 0.278. The number of hydrogen-bond acceptors (Lipinski definition) is 2. The molecule has 4 nitrogen and oxygen atoms in total. The van der Waals surface area contributed by atoms with Gasteiger partial charge in [-0.15, -0.1) is 0 Å². The minimum Gasteiger partial charge on any atom is -0.434 e. The maximum absolute atomic E-state index is 13.1. The van der Waals surface area contributed by atoms with Gasteiger partial charge in [0.2, 0.25) is 0 Å². The molecule has 2 N–H and O–H groups in total. The minimum absolute atomic E-state index is 0.125. The van der Waals surface area contributed by atoms with Gasteiger partial charge in [0, 0.05) is 25.7 Å². The van der Waals surface area contributed by atoms with E-state index in [1.54, 1.807) is 31.3 Å². The van der Waals surface area contributed by atoms with Crippen molar-refractivity contribution in [2.24, 2.45) is 4.99 Å². The summed E-state index contributed by atoms with van der Waals surface area (Å²) in [7, 11) is 1.61. The zero-order valence-electron chi connectivity index (χ0n) is 13.8. The minimum atomic E-state index is -2.87. The molecule has 0 aliphatic carbocycles. The molecular weight excluding hydrogens is 331 g/mol. The Hall–Kier alpha value is -2.70. The maximum atomic E-state index is 13.1. The van der Waals surface area contributed by atoms with E-state index in [0.29, 0.717) is 24.5 Å². The molecule has 0 saturated heterocycles. The Kier molecular flexibility index (Phi) is 7.13. The lowest BCUT2D eigenvalue weighted by atomic mass is 10.1. The molecule has 0 unspecified atom stereocenters. The number of guanidine groups is 1. The number of alkyl halides is 2. The van der Waals surface area contributed by atoms with Gasteiger partial charge in [0.15, 0.2) is 5.96 Å². The van der Waals surface area contributed by atoms with Crippen LogP contribution in [0.1, 0.15) is 11.1 Å². The molecule has 2 rings (SSSR count). The van der Waals surface area contributed by atoms with Gasteiger partial charge in [-0.1, -0.05) is 30.3 Å². The third kappa shape index (κ3) is 6.37. The fourth-order valence-electron chi connectivity index (χ4n) is 2.28. The third-order valence-electron chi connectivity index (χ3n) is 3.45.